The number of nitrogens with zero attached hydrogens (tertiary/aromatic N) is 3. The normalized spacial score (nSPS) is 10.9. The largest absolute Gasteiger partial charge is 0.307 e. The fourth-order valence-corrected chi connectivity index (χ4v) is 4.35. The van der Waals surface area contributed by atoms with Gasteiger partial charge in [-0.15, -0.1) is 0 Å². The van der Waals surface area contributed by atoms with Gasteiger partial charge in [-0.05, 0) is 42.0 Å². The average molecular weight is 494 g/mol. The number of hydrogen-bond donors (Lipinski definition) is 0. The molecule has 0 atom stereocenters. The molecule has 1 heterocycles. The number of benzene rings is 3. The van der Waals surface area contributed by atoms with E-state index in [1.807, 2.05) is 72.8 Å². The highest BCUT2D eigenvalue weighted by molar-refractivity contribution is 9.10. The van der Waals surface area contributed by atoms with Crippen LogP contribution in [0, 0.1) is 0 Å². The Morgan fingerprint density at radius 1 is 1.00 bits per heavy atom. The van der Waals surface area contributed by atoms with Crippen LogP contribution in [-0.2, 0) is 18.4 Å². The molecule has 0 unspecified atom stereocenters. The van der Waals surface area contributed by atoms with Crippen LogP contribution in [0.4, 0.5) is 5.69 Å². The molecule has 4 aromatic rings. The van der Waals surface area contributed by atoms with Gasteiger partial charge >= 0.3 is 0 Å². The number of para-hydroxylation sites is 1. The van der Waals surface area contributed by atoms with E-state index in [0.717, 1.165) is 15.7 Å². The minimum absolute atomic E-state index is 0.0569. The maximum absolute atomic E-state index is 13.2. The second-order valence-electron chi connectivity index (χ2n) is 7.01. The summed E-state index contributed by atoms with van der Waals surface area (Å²) in [7, 11) is 1.69. The topological polar surface area (TPSA) is 55.2 Å². The molecule has 0 bridgehead atoms. The van der Waals surface area contributed by atoms with Gasteiger partial charge in [0.1, 0.15) is 0 Å². The molecule has 0 fully saturated rings. The molecule has 4 rings (SSSR count). The van der Waals surface area contributed by atoms with Crippen LogP contribution in [-0.4, -0.2) is 21.2 Å². The van der Waals surface area contributed by atoms with Crippen molar-refractivity contribution in [3.63, 3.8) is 0 Å². The van der Waals surface area contributed by atoms with Gasteiger partial charge < -0.3 is 4.90 Å². The molecule has 0 saturated carbocycles. The number of aromatic nitrogens is 2. The molecule has 1 aromatic heterocycles. The third kappa shape index (κ3) is 4.89. The van der Waals surface area contributed by atoms with E-state index in [-0.39, 0.29) is 17.2 Å². The molecular weight excluding hydrogens is 474 g/mol. The van der Waals surface area contributed by atoms with E-state index in [1.165, 1.54) is 16.3 Å². The van der Waals surface area contributed by atoms with Crippen molar-refractivity contribution >= 4 is 50.2 Å². The number of carbonyl (C=O) groups is 1. The van der Waals surface area contributed by atoms with Crippen molar-refractivity contribution in [3.8, 4) is 0 Å². The van der Waals surface area contributed by atoms with Crippen LogP contribution >= 0.6 is 27.7 Å². The predicted octanol–water partition coefficient (Wildman–Crippen LogP) is 5.02. The Kier molecular flexibility index (Phi) is 6.53. The Bertz CT molecular complexity index is 1270. The first-order chi connectivity index (χ1) is 15.0. The maximum Gasteiger partial charge on any atom is 0.261 e. The second kappa shape index (κ2) is 9.49. The van der Waals surface area contributed by atoms with E-state index >= 15 is 0 Å². The van der Waals surface area contributed by atoms with E-state index in [0.29, 0.717) is 22.6 Å². The van der Waals surface area contributed by atoms with Gasteiger partial charge in [0.2, 0.25) is 5.91 Å². The molecule has 0 spiro atoms. The van der Waals surface area contributed by atoms with E-state index in [2.05, 4.69) is 20.9 Å². The summed E-state index contributed by atoms with van der Waals surface area (Å²) in [6.45, 7) is 0.464. The number of halogens is 1. The maximum atomic E-state index is 13.2. The Labute approximate surface area is 192 Å². The number of amides is 1. The summed E-state index contributed by atoms with van der Waals surface area (Å²) < 4.78 is 2.45. The fourth-order valence-electron chi connectivity index (χ4n) is 3.24. The van der Waals surface area contributed by atoms with Crippen LogP contribution in [0.15, 0.2) is 93.3 Å². The van der Waals surface area contributed by atoms with Crippen LogP contribution in [0.1, 0.15) is 5.56 Å². The van der Waals surface area contributed by atoms with Crippen molar-refractivity contribution in [1.29, 1.82) is 0 Å². The minimum atomic E-state index is -0.116. The molecule has 0 aliphatic carbocycles. The zero-order valence-corrected chi connectivity index (χ0v) is 19.3. The summed E-state index contributed by atoms with van der Waals surface area (Å²) in [4.78, 5) is 32.2. The standard InChI is InChI=1S/C24H20BrN3O2S/c1-27-23(30)20-9-5-6-10-21(20)26-24(27)31-16-22(29)28(15-17-7-3-2-4-8-17)19-13-11-18(25)12-14-19/h2-14H,15-16H2,1H3. The lowest BCUT2D eigenvalue weighted by Crippen LogP contribution is -2.32. The highest BCUT2D eigenvalue weighted by Crippen LogP contribution is 2.23. The van der Waals surface area contributed by atoms with Gasteiger partial charge in [-0.25, -0.2) is 4.98 Å². The smallest absolute Gasteiger partial charge is 0.261 e. The molecule has 1 amide bonds. The molecule has 31 heavy (non-hydrogen) atoms. The first kappa shape index (κ1) is 21.3. The number of thioether (sulfide) groups is 1. The molecule has 0 N–H and O–H groups in total. The summed E-state index contributed by atoms with van der Waals surface area (Å²) in [5.74, 6) is 0.111. The molecule has 5 nitrogen and oxygen atoms in total. The summed E-state index contributed by atoms with van der Waals surface area (Å²) >= 11 is 4.72. The quantitative estimate of drug-likeness (QED) is 0.279. The van der Waals surface area contributed by atoms with E-state index in [4.69, 9.17) is 0 Å². The van der Waals surface area contributed by atoms with Gasteiger partial charge in [0.05, 0.1) is 23.2 Å². The molecule has 0 radical (unpaired) electrons. The Morgan fingerprint density at radius 3 is 2.42 bits per heavy atom. The van der Waals surface area contributed by atoms with E-state index in [9.17, 15) is 9.59 Å². The Hall–Kier alpha value is -2.90. The van der Waals surface area contributed by atoms with Crippen LogP contribution in [0.2, 0.25) is 0 Å². The number of fused-ring (bicyclic) bond motifs is 1. The SMILES string of the molecule is Cn1c(SCC(=O)N(Cc2ccccc2)c2ccc(Br)cc2)nc2ccccc2c1=O. The van der Waals surface area contributed by atoms with Gasteiger partial charge in [-0.3, -0.25) is 14.2 Å². The molecule has 0 aliphatic heterocycles. The van der Waals surface area contributed by atoms with Gasteiger partial charge in [-0.1, -0.05) is 70.2 Å². The summed E-state index contributed by atoms with van der Waals surface area (Å²) in [5, 5.41) is 1.09. The zero-order valence-electron chi connectivity index (χ0n) is 16.9. The van der Waals surface area contributed by atoms with Crippen molar-refractivity contribution in [2.75, 3.05) is 10.7 Å². The molecule has 0 aliphatic rings. The lowest BCUT2D eigenvalue weighted by molar-refractivity contribution is -0.116. The van der Waals surface area contributed by atoms with Crippen molar-refractivity contribution < 1.29 is 4.79 Å². The number of hydrogen-bond acceptors (Lipinski definition) is 4. The number of rotatable bonds is 6. The van der Waals surface area contributed by atoms with Gasteiger partial charge in [-0.2, -0.15) is 0 Å². The van der Waals surface area contributed by atoms with Gasteiger partial charge in [0, 0.05) is 17.2 Å². The van der Waals surface area contributed by atoms with E-state index in [1.54, 1.807) is 18.0 Å². The third-order valence-electron chi connectivity index (χ3n) is 4.89. The zero-order chi connectivity index (χ0) is 21.8. The monoisotopic (exact) mass is 493 g/mol. The van der Waals surface area contributed by atoms with Crippen molar-refractivity contribution in [2.24, 2.45) is 7.05 Å². The molecular formula is C24H20BrN3O2S. The van der Waals surface area contributed by atoms with Crippen molar-refractivity contribution in [2.45, 2.75) is 11.7 Å². The summed E-state index contributed by atoms with van der Waals surface area (Å²) in [6, 6.07) is 24.8. The second-order valence-corrected chi connectivity index (χ2v) is 8.86. The predicted molar refractivity (Wildman–Crippen MR) is 129 cm³/mol. The van der Waals surface area contributed by atoms with Crippen LogP contribution in [0.5, 0.6) is 0 Å². The lowest BCUT2D eigenvalue weighted by atomic mass is 10.2. The Morgan fingerprint density at radius 2 is 1.68 bits per heavy atom. The first-order valence-electron chi connectivity index (χ1n) is 9.71. The molecule has 7 heteroatoms. The fraction of sp³-hybridized carbons (Fsp3) is 0.125. The van der Waals surface area contributed by atoms with Crippen molar-refractivity contribution in [1.82, 2.24) is 9.55 Å². The van der Waals surface area contributed by atoms with Gasteiger partial charge in [0.15, 0.2) is 5.16 Å². The van der Waals surface area contributed by atoms with E-state index < -0.39 is 0 Å². The van der Waals surface area contributed by atoms with Crippen molar-refractivity contribution in [3.05, 3.63) is 99.3 Å². The van der Waals surface area contributed by atoms with Crippen LogP contribution < -0.4 is 10.5 Å². The van der Waals surface area contributed by atoms with Gasteiger partial charge in [0.25, 0.3) is 5.56 Å². The highest BCUT2D eigenvalue weighted by Gasteiger charge is 2.18. The number of carbonyl (C=O) groups excluding carboxylic acids is 1. The highest BCUT2D eigenvalue weighted by atomic mass is 79.9. The van der Waals surface area contributed by atoms with Crippen LogP contribution in [0.25, 0.3) is 10.9 Å². The Balaban J connectivity index is 1.59. The molecule has 156 valence electrons. The first-order valence-corrected chi connectivity index (χ1v) is 11.5. The average Bonchev–Trinajstić information content (AvgIpc) is 2.80. The minimum Gasteiger partial charge on any atom is -0.307 e. The summed E-state index contributed by atoms with van der Waals surface area (Å²) in [5.41, 5.74) is 2.38. The van der Waals surface area contributed by atoms with Crippen LogP contribution in [0.3, 0.4) is 0 Å². The summed E-state index contributed by atoms with van der Waals surface area (Å²) in [6.07, 6.45) is 0. The lowest BCUT2D eigenvalue weighted by Gasteiger charge is -2.23. The molecule has 0 saturated heterocycles. The third-order valence-corrected chi connectivity index (χ3v) is 6.43. The molecule has 3 aromatic carbocycles. The number of anilines is 1.